The number of fused-ring (bicyclic) bond motifs is 1. The Labute approximate surface area is 126 Å². The Bertz CT molecular complexity index is 731. The normalized spacial score (nSPS) is 11.7. The smallest absolute Gasteiger partial charge is 0.337 e. The van der Waals surface area contributed by atoms with Crippen molar-refractivity contribution in [2.75, 3.05) is 20.6 Å². The maximum absolute atomic E-state index is 12.7. The van der Waals surface area contributed by atoms with E-state index in [1.165, 1.54) is 16.7 Å². The number of rotatable bonds is 5. The SMILES string of the molecule is CC(C)c1nc2scc(C(=O)O)c2c(=O)n1CCN(C)C. The van der Waals surface area contributed by atoms with E-state index in [2.05, 4.69) is 4.98 Å². The van der Waals surface area contributed by atoms with Gasteiger partial charge in [0.2, 0.25) is 0 Å². The summed E-state index contributed by atoms with van der Waals surface area (Å²) < 4.78 is 1.60. The predicted molar refractivity (Wildman–Crippen MR) is 83.5 cm³/mol. The van der Waals surface area contributed by atoms with E-state index in [1.807, 2.05) is 32.8 Å². The van der Waals surface area contributed by atoms with Gasteiger partial charge < -0.3 is 10.0 Å². The maximum atomic E-state index is 12.7. The first-order valence-corrected chi connectivity index (χ1v) is 7.60. The van der Waals surface area contributed by atoms with Gasteiger partial charge in [0.15, 0.2) is 0 Å². The number of hydrogen-bond acceptors (Lipinski definition) is 5. The van der Waals surface area contributed by atoms with Crippen molar-refractivity contribution in [3.05, 3.63) is 27.1 Å². The fourth-order valence-corrected chi connectivity index (χ4v) is 3.06. The zero-order valence-corrected chi connectivity index (χ0v) is 13.4. The van der Waals surface area contributed by atoms with Crippen molar-refractivity contribution in [3.63, 3.8) is 0 Å². The highest BCUT2D eigenvalue weighted by molar-refractivity contribution is 7.17. The molecule has 0 aliphatic carbocycles. The van der Waals surface area contributed by atoms with Crippen molar-refractivity contribution in [1.29, 1.82) is 0 Å². The Hall–Kier alpha value is -1.73. The molecule has 0 aliphatic heterocycles. The van der Waals surface area contributed by atoms with E-state index < -0.39 is 5.97 Å². The Kier molecular flexibility index (Phi) is 4.43. The molecule has 2 heterocycles. The second-order valence-electron chi connectivity index (χ2n) is 5.52. The van der Waals surface area contributed by atoms with Crippen molar-refractivity contribution < 1.29 is 9.90 Å². The quantitative estimate of drug-likeness (QED) is 0.912. The molecule has 21 heavy (non-hydrogen) atoms. The standard InChI is InChI=1S/C14H19N3O3S/c1-8(2)11-15-12-10(9(7-21-12)14(19)20)13(18)17(11)6-5-16(3)4/h7-8H,5-6H2,1-4H3,(H,19,20). The Balaban J connectivity index is 2.70. The monoisotopic (exact) mass is 309 g/mol. The molecular weight excluding hydrogens is 290 g/mol. The van der Waals surface area contributed by atoms with Gasteiger partial charge in [0.05, 0.1) is 10.9 Å². The summed E-state index contributed by atoms with van der Waals surface area (Å²) in [5.74, 6) is -0.288. The molecule has 0 unspecified atom stereocenters. The van der Waals surface area contributed by atoms with E-state index in [0.717, 1.165) is 0 Å². The number of thiophene rings is 1. The summed E-state index contributed by atoms with van der Waals surface area (Å²) in [5.41, 5.74) is -0.217. The molecule has 0 atom stereocenters. The summed E-state index contributed by atoms with van der Waals surface area (Å²) in [5, 5.41) is 10.9. The van der Waals surface area contributed by atoms with Gasteiger partial charge in [0.1, 0.15) is 10.7 Å². The molecule has 1 N–H and O–H groups in total. The molecule has 0 saturated carbocycles. The summed E-state index contributed by atoms with van der Waals surface area (Å²) in [4.78, 5) is 30.9. The summed E-state index contributed by atoms with van der Waals surface area (Å²) in [6.45, 7) is 5.15. The van der Waals surface area contributed by atoms with Crippen LogP contribution in [0.15, 0.2) is 10.2 Å². The largest absolute Gasteiger partial charge is 0.478 e. The Morgan fingerprint density at radius 2 is 2.14 bits per heavy atom. The lowest BCUT2D eigenvalue weighted by Crippen LogP contribution is -2.30. The maximum Gasteiger partial charge on any atom is 0.337 e. The average molecular weight is 309 g/mol. The van der Waals surface area contributed by atoms with Crippen molar-refractivity contribution in [3.8, 4) is 0 Å². The third-order valence-electron chi connectivity index (χ3n) is 3.24. The average Bonchev–Trinajstić information content (AvgIpc) is 2.81. The van der Waals surface area contributed by atoms with Crippen LogP contribution in [0.2, 0.25) is 0 Å². The van der Waals surface area contributed by atoms with E-state index in [0.29, 0.717) is 23.7 Å². The lowest BCUT2D eigenvalue weighted by molar-refractivity contribution is 0.0699. The number of hydrogen-bond donors (Lipinski definition) is 1. The van der Waals surface area contributed by atoms with Crippen LogP contribution < -0.4 is 5.56 Å². The zero-order valence-electron chi connectivity index (χ0n) is 12.6. The number of aromatic nitrogens is 2. The Morgan fingerprint density at radius 3 is 2.67 bits per heavy atom. The first-order valence-electron chi connectivity index (χ1n) is 6.73. The number of carboxylic acids is 1. The molecule has 0 amide bonds. The van der Waals surface area contributed by atoms with Gasteiger partial charge >= 0.3 is 5.97 Å². The van der Waals surface area contributed by atoms with Gasteiger partial charge in [-0.05, 0) is 14.1 Å². The van der Waals surface area contributed by atoms with Gasteiger partial charge in [0, 0.05) is 24.4 Å². The van der Waals surface area contributed by atoms with Crippen molar-refractivity contribution in [1.82, 2.24) is 14.5 Å². The van der Waals surface area contributed by atoms with Crippen LogP contribution in [-0.2, 0) is 6.54 Å². The molecular formula is C14H19N3O3S. The highest BCUT2D eigenvalue weighted by atomic mass is 32.1. The van der Waals surface area contributed by atoms with Crippen LogP contribution in [-0.4, -0.2) is 46.2 Å². The molecule has 7 heteroatoms. The van der Waals surface area contributed by atoms with Crippen molar-refractivity contribution in [2.24, 2.45) is 0 Å². The molecule has 114 valence electrons. The van der Waals surface area contributed by atoms with Crippen molar-refractivity contribution >= 4 is 27.5 Å². The second kappa shape index (κ2) is 5.95. The van der Waals surface area contributed by atoms with Crippen LogP contribution in [0.1, 0.15) is 35.9 Å². The highest BCUT2D eigenvalue weighted by Gasteiger charge is 2.20. The summed E-state index contributed by atoms with van der Waals surface area (Å²) in [6.07, 6.45) is 0. The third-order valence-corrected chi connectivity index (χ3v) is 4.11. The molecule has 0 saturated heterocycles. The van der Waals surface area contributed by atoms with Crippen LogP contribution in [0, 0.1) is 0 Å². The minimum absolute atomic E-state index is 0.0430. The molecule has 0 aromatic carbocycles. The number of nitrogens with zero attached hydrogens (tertiary/aromatic N) is 3. The predicted octanol–water partition coefficient (Wildman–Crippen LogP) is 1.84. The van der Waals surface area contributed by atoms with E-state index in [4.69, 9.17) is 0 Å². The van der Waals surface area contributed by atoms with Crippen LogP contribution in [0.4, 0.5) is 0 Å². The zero-order chi connectivity index (χ0) is 15.7. The second-order valence-corrected chi connectivity index (χ2v) is 6.38. The molecule has 0 spiro atoms. The van der Waals surface area contributed by atoms with E-state index in [-0.39, 0.29) is 22.4 Å². The van der Waals surface area contributed by atoms with Crippen LogP contribution in [0.3, 0.4) is 0 Å². The topological polar surface area (TPSA) is 75.4 Å². The van der Waals surface area contributed by atoms with Crippen LogP contribution >= 0.6 is 11.3 Å². The highest BCUT2D eigenvalue weighted by Crippen LogP contribution is 2.23. The first kappa shape index (κ1) is 15.7. The molecule has 0 radical (unpaired) electrons. The van der Waals surface area contributed by atoms with Gasteiger partial charge in [0.25, 0.3) is 5.56 Å². The van der Waals surface area contributed by atoms with Crippen LogP contribution in [0.5, 0.6) is 0 Å². The fraction of sp³-hybridized carbons (Fsp3) is 0.500. The lowest BCUT2D eigenvalue weighted by atomic mass is 10.2. The van der Waals surface area contributed by atoms with Gasteiger partial charge in [-0.3, -0.25) is 9.36 Å². The van der Waals surface area contributed by atoms with E-state index in [9.17, 15) is 14.7 Å². The number of likely N-dealkylation sites (N-methyl/N-ethyl adjacent to an activating group) is 1. The van der Waals surface area contributed by atoms with Gasteiger partial charge in [-0.1, -0.05) is 13.8 Å². The number of carbonyl (C=O) groups is 1. The lowest BCUT2D eigenvalue weighted by Gasteiger charge is -2.17. The molecule has 6 nitrogen and oxygen atoms in total. The minimum atomic E-state index is -1.09. The fourth-order valence-electron chi connectivity index (χ4n) is 2.15. The number of carboxylic acid groups (broad SMARTS) is 1. The van der Waals surface area contributed by atoms with Crippen LogP contribution in [0.25, 0.3) is 10.2 Å². The van der Waals surface area contributed by atoms with E-state index >= 15 is 0 Å². The third kappa shape index (κ3) is 2.98. The van der Waals surface area contributed by atoms with Gasteiger partial charge in [-0.25, -0.2) is 9.78 Å². The summed E-state index contributed by atoms with van der Waals surface area (Å²) in [6, 6.07) is 0. The van der Waals surface area contributed by atoms with E-state index in [1.54, 1.807) is 4.57 Å². The molecule has 0 aliphatic rings. The summed E-state index contributed by atoms with van der Waals surface area (Å²) >= 11 is 1.21. The molecule has 0 fully saturated rings. The Morgan fingerprint density at radius 1 is 1.48 bits per heavy atom. The van der Waals surface area contributed by atoms with Gasteiger partial charge in [-0.2, -0.15) is 0 Å². The number of aromatic carboxylic acids is 1. The summed E-state index contributed by atoms with van der Waals surface area (Å²) in [7, 11) is 3.86. The van der Waals surface area contributed by atoms with Gasteiger partial charge in [-0.15, -0.1) is 11.3 Å². The molecule has 0 bridgehead atoms. The molecule has 2 aromatic heterocycles. The first-order chi connectivity index (χ1) is 9.82. The van der Waals surface area contributed by atoms with Crippen molar-refractivity contribution in [2.45, 2.75) is 26.3 Å². The molecule has 2 rings (SSSR count). The molecule has 2 aromatic rings. The minimum Gasteiger partial charge on any atom is -0.478 e.